The summed E-state index contributed by atoms with van der Waals surface area (Å²) in [5.74, 6) is -0.865. The number of nitrogen functional groups attached to an aromatic ring is 1. The summed E-state index contributed by atoms with van der Waals surface area (Å²) in [5, 5.41) is 32.1. The predicted octanol–water partition coefficient (Wildman–Crippen LogP) is -3.09. The van der Waals surface area contributed by atoms with Crippen molar-refractivity contribution in [3.05, 3.63) is 23.1 Å². The quantitative estimate of drug-likeness (QED) is 0.376. The number of rotatable bonds is 1. The molecule has 2 rings (SSSR count). The van der Waals surface area contributed by atoms with Crippen LogP contribution in [0.25, 0.3) is 5.95 Å². The fourth-order valence-electron chi connectivity index (χ4n) is 0.761. The summed E-state index contributed by atoms with van der Waals surface area (Å²) >= 11 is 0. The van der Waals surface area contributed by atoms with Gasteiger partial charge in [-0.1, -0.05) is 0 Å². The first-order valence-electron chi connectivity index (χ1n) is 3.40. The highest BCUT2D eigenvalue weighted by atomic mass is 16.5. The average Bonchev–Trinajstić information content (AvgIpc) is 2.66. The summed E-state index contributed by atoms with van der Waals surface area (Å²) in [6, 6.07) is 0. The molecule has 10 heteroatoms. The summed E-state index contributed by atoms with van der Waals surface area (Å²) in [4.78, 5) is 3.51. The second-order valence-corrected chi connectivity index (χ2v) is 2.24. The van der Waals surface area contributed by atoms with Crippen LogP contribution in [-0.2, 0) is 0 Å². The predicted molar refractivity (Wildman–Crippen MR) is 39.3 cm³/mol. The Balaban J connectivity index is 2.57. The third-order valence-electron chi connectivity index (χ3n) is 1.38. The van der Waals surface area contributed by atoms with Gasteiger partial charge in [0, 0.05) is 10.2 Å². The molecule has 2 N–H and O–H groups in total. The Labute approximate surface area is 76.4 Å². The summed E-state index contributed by atoms with van der Waals surface area (Å²) < 4.78 is 1.06. The molecular formula is C4H4N8O2. The Morgan fingerprint density at radius 2 is 1.93 bits per heavy atom. The lowest BCUT2D eigenvalue weighted by Crippen LogP contribution is -2.51. The second-order valence-electron chi connectivity index (χ2n) is 2.24. The minimum Gasteiger partial charge on any atom is -0.654 e. The maximum atomic E-state index is 10.9. The third kappa shape index (κ3) is 1.14. The van der Waals surface area contributed by atoms with Crippen molar-refractivity contribution < 1.29 is 9.69 Å². The van der Waals surface area contributed by atoms with Crippen LogP contribution < -0.4 is 15.4 Å². The smallest absolute Gasteiger partial charge is 0.581 e. The fraction of sp³-hybridized carbons (Fsp3) is 0. The molecule has 0 atom stereocenters. The molecule has 0 aliphatic rings. The highest BCUT2D eigenvalue weighted by molar-refractivity contribution is 5.00. The molecule has 0 unspecified atom stereocenters. The molecule has 0 amide bonds. The van der Waals surface area contributed by atoms with Crippen LogP contribution in [-0.4, -0.2) is 25.0 Å². The molecule has 0 aromatic carbocycles. The van der Waals surface area contributed by atoms with Gasteiger partial charge in [-0.2, -0.15) is 9.78 Å². The zero-order valence-electron chi connectivity index (χ0n) is 6.68. The van der Waals surface area contributed by atoms with Crippen molar-refractivity contribution in [2.24, 2.45) is 0 Å². The summed E-state index contributed by atoms with van der Waals surface area (Å²) in [5.41, 5.74) is 5.03. The Morgan fingerprint density at radius 3 is 2.43 bits per heavy atom. The van der Waals surface area contributed by atoms with E-state index >= 15 is 0 Å². The first kappa shape index (κ1) is 8.10. The highest BCUT2D eigenvalue weighted by Crippen LogP contribution is 1.89. The molecule has 2 aromatic heterocycles. The average molecular weight is 196 g/mol. The van der Waals surface area contributed by atoms with E-state index in [1.54, 1.807) is 0 Å². The van der Waals surface area contributed by atoms with E-state index in [2.05, 4.69) is 20.3 Å². The number of aromatic nitrogens is 7. The normalized spacial score (nSPS) is 10.3. The van der Waals surface area contributed by atoms with Gasteiger partial charge in [0.2, 0.25) is 0 Å². The second kappa shape index (κ2) is 2.76. The van der Waals surface area contributed by atoms with Gasteiger partial charge in [-0.05, 0) is 9.69 Å². The van der Waals surface area contributed by atoms with Gasteiger partial charge in [0.15, 0.2) is 0 Å². The van der Waals surface area contributed by atoms with Crippen LogP contribution in [0.2, 0.25) is 0 Å². The van der Waals surface area contributed by atoms with Gasteiger partial charge in [0.05, 0.1) is 0 Å². The van der Waals surface area contributed by atoms with Crippen LogP contribution in [0.15, 0.2) is 12.7 Å². The Kier molecular flexibility index (Phi) is 1.59. The highest BCUT2D eigenvalue weighted by Gasteiger charge is 2.16. The Morgan fingerprint density at radius 1 is 1.29 bits per heavy atom. The molecule has 0 spiro atoms. The number of nitrogens with two attached hydrogens (primary N) is 1. The van der Waals surface area contributed by atoms with Gasteiger partial charge in [-0.3, -0.25) is 0 Å². The fourth-order valence-corrected chi connectivity index (χ4v) is 0.761. The van der Waals surface area contributed by atoms with E-state index in [-0.39, 0.29) is 15.6 Å². The SMILES string of the molecule is Nc1[n+]([O-])nc(-n2cncn2)n[n+]1[O-]. The summed E-state index contributed by atoms with van der Waals surface area (Å²) in [7, 11) is 0. The number of nitrogens with zero attached hydrogens (tertiary/aromatic N) is 7. The van der Waals surface area contributed by atoms with Gasteiger partial charge in [-0.25, -0.2) is 10.7 Å². The molecule has 0 aliphatic carbocycles. The molecule has 2 aromatic rings. The first-order valence-corrected chi connectivity index (χ1v) is 3.40. The summed E-state index contributed by atoms with van der Waals surface area (Å²) in [6.07, 6.45) is 2.45. The van der Waals surface area contributed by atoms with E-state index in [1.165, 1.54) is 12.7 Å². The van der Waals surface area contributed by atoms with Gasteiger partial charge in [0.25, 0.3) is 0 Å². The molecule has 2 heterocycles. The largest absolute Gasteiger partial charge is 0.654 e. The molecule has 0 radical (unpaired) electrons. The third-order valence-corrected chi connectivity index (χ3v) is 1.38. The molecule has 0 aliphatic heterocycles. The van der Waals surface area contributed by atoms with Crippen molar-refractivity contribution in [3.63, 3.8) is 0 Å². The van der Waals surface area contributed by atoms with E-state index in [1.807, 2.05) is 0 Å². The zero-order chi connectivity index (χ0) is 10.1. The molecule has 0 fully saturated rings. The molecule has 72 valence electrons. The van der Waals surface area contributed by atoms with Gasteiger partial charge in [-0.15, -0.1) is 0 Å². The van der Waals surface area contributed by atoms with Crippen molar-refractivity contribution in [2.45, 2.75) is 0 Å². The lowest BCUT2D eigenvalue weighted by Gasteiger charge is -2.02. The molecule has 10 nitrogen and oxygen atoms in total. The van der Waals surface area contributed by atoms with E-state index in [9.17, 15) is 10.4 Å². The lowest BCUT2D eigenvalue weighted by molar-refractivity contribution is -0.781. The number of hydrogen-bond acceptors (Lipinski definition) is 7. The van der Waals surface area contributed by atoms with Gasteiger partial charge >= 0.3 is 11.9 Å². The monoisotopic (exact) mass is 196 g/mol. The van der Waals surface area contributed by atoms with E-state index < -0.39 is 5.95 Å². The number of hydrogen-bond donors (Lipinski definition) is 1. The van der Waals surface area contributed by atoms with E-state index in [4.69, 9.17) is 5.73 Å². The maximum Gasteiger partial charge on any atom is 0.581 e. The first-order chi connectivity index (χ1) is 6.68. The molecule has 0 bridgehead atoms. The van der Waals surface area contributed by atoms with Crippen molar-refractivity contribution in [3.8, 4) is 5.95 Å². The Bertz CT molecular complexity index is 429. The van der Waals surface area contributed by atoms with Crippen molar-refractivity contribution in [2.75, 3.05) is 5.73 Å². The minimum absolute atomic E-state index is 0.0446. The number of anilines is 1. The molecule has 14 heavy (non-hydrogen) atoms. The van der Waals surface area contributed by atoms with Gasteiger partial charge < -0.3 is 10.4 Å². The van der Waals surface area contributed by atoms with Crippen molar-refractivity contribution >= 4 is 5.95 Å². The topological polar surface area (TPSA) is 136 Å². The maximum absolute atomic E-state index is 10.9. The zero-order valence-corrected chi connectivity index (χ0v) is 6.68. The molecular weight excluding hydrogens is 192 g/mol. The van der Waals surface area contributed by atoms with Crippen molar-refractivity contribution in [1.82, 2.24) is 25.0 Å². The molecule has 0 saturated heterocycles. The van der Waals surface area contributed by atoms with Gasteiger partial charge in [0.1, 0.15) is 12.7 Å². The summed E-state index contributed by atoms with van der Waals surface area (Å²) in [6.45, 7) is 0. The lowest BCUT2D eigenvalue weighted by atomic mass is 11.0. The Hall–Kier alpha value is -2.52. The van der Waals surface area contributed by atoms with E-state index in [0.29, 0.717) is 0 Å². The van der Waals surface area contributed by atoms with Crippen LogP contribution in [0, 0.1) is 10.4 Å². The van der Waals surface area contributed by atoms with Crippen molar-refractivity contribution in [1.29, 1.82) is 0 Å². The van der Waals surface area contributed by atoms with Crippen LogP contribution in [0.1, 0.15) is 0 Å². The molecule has 0 saturated carbocycles. The van der Waals surface area contributed by atoms with E-state index in [0.717, 1.165) is 4.68 Å². The minimum atomic E-state index is -0.658. The standard InChI is InChI=1S/C4H4N8O2/c5-3-11(13)8-4(9-12(3)14)10-2-6-1-7-10/h1-2H,5H2. The van der Waals surface area contributed by atoms with Crippen LogP contribution in [0.4, 0.5) is 5.95 Å². The van der Waals surface area contributed by atoms with Crippen LogP contribution >= 0.6 is 0 Å². The van der Waals surface area contributed by atoms with Crippen LogP contribution in [0.3, 0.4) is 0 Å². The van der Waals surface area contributed by atoms with Crippen LogP contribution in [0.5, 0.6) is 0 Å².